The molecule has 0 saturated carbocycles. The summed E-state index contributed by atoms with van der Waals surface area (Å²) < 4.78 is 27.4. The highest BCUT2D eigenvalue weighted by atomic mass is 16.5. The number of rotatable bonds is 7. The molecule has 160 valence electrons. The maximum Gasteiger partial charge on any atom is 0.242 e. The minimum Gasteiger partial charge on any atom is -0.493 e. The van der Waals surface area contributed by atoms with Gasteiger partial charge < -0.3 is 28.3 Å². The lowest BCUT2D eigenvalue weighted by Gasteiger charge is -2.31. The number of hydrogen-bond donors (Lipinski definition) is 0. The smallest absolute Gasteiger partial charge is 0.242 e. The molecule has 1 aliphatic rings. The van der Waals surface area contributed by atoms with Crippen molar-refractivity contribution in [3.63, 3.8) is 0 Å². The third-order valence-electron chi connectivity index (χ3n) is 5.34. The lowest BCUT2D eigenvalue weighted by Crippen LogP contribution is -2.34. The average Bonchev–Trinajstić information content (AvgIpc) is 3.26. The zero-order valence-corrected chi connectivity index (χ0v) is 17.5. The summed E-state index contributed by atoms with van der Waals surface area (Å²) in [5, 5.41) is 18.6. The van der Waals surface area contributed by atoms with Crippen molar-refractivity contribution in [3.05, 3.63) is 24.0 Å². The van der Waals surface area contributed by atoms with E-state index in [9.17, 15) is 0 Å². The Bertz CT molecular complexity index is 1020. The summed E-state index contributed by atoms with van der Waals surface area (Å²) >= 11 is 0. The first kappa shape index (κ1) is 20.1. The maximum absolute atomic E-state index is 5.72. The van der Waals surface area contributed by atoms with E-state index >= 15 is 0 Å². The van der Waals surface area contributed by atoms with E-state index in [-0.39, 0.29) is 5.92 Å². The van der Waals surface area contributed by atoms with Gasteiger partial charge in [-0.2, -0.15) is 5.10 Å². The summed E-state index contributed by atoms with van der Waals surface area (Å²) in [5.41, 5.74) is 0. The summed E-state index contributed by atoms with van der Waals surface area (Å²) in [4.78, 5) is 2.21. The molecule has 30 heavy (non-hydrogen) atoms. The first-order valence-electron chi connectivity index (χ1n) is 9.70. The first-order valence-corrected chi connectivity index (χ1v) is 9.70. The number of ether oxygens (including phenoxy) is 4. The lowest BCUT2D eigenvalue weighted by molar-refractivity contribution is 0.156. The molecular formula is C20H25N5O5. The van der Waals surface area contributed by atoms with Crippen molar-refractivity contribution in [2.75, 3.05) is 46.4 Å². The van der Waals surface area contributed by atoms with Gasteiger partial charge in [0.2, 0.25) is 17.5 Å². The second kappa shape index (κ2) is 8.70. The molecule has 10 heteroatoms. The fourth-order valence-electron chi connectivity index (χ4n) is 3.87. The molecule has 3 heterocycles. The highest BCUT2D eigenvalue weighted by Crippen LogP contribution is 2.45. The van der Waals surface area contributed by atoms with Crippen molar-refractivity contribution in [1.29, 1.82) is 0 Å². The Hall–Kier alpha value is -3.14. The number of anilines is 1. The predicted octanol–water partition coefficient (Wildman–Crippen LogP) is 2.57. The molecule has 0 spiro atoms. The highest BCUT2D eigenvalue weighted by Gasteiger charge is 2.28. The van der Waals surface area contributed by atoms with Crippen molar-refractivity contribution in [1.82, 2.24) is 20.4 Å². The number of methoxy groups -OCH3 is 4. The highest BCUT2D eigenvalue weighted by molar-refractivity contribution is 5.99. The minimum atomic E-state index is 0.214. The molecule has 0 N–H and O–H groups in total. The van der Waals surface area contributed by atoms with E-state index < -0.39 is 0 Å². The molecule has 0 bridgehead atoms. The molecule has 1 saturated heterocycles. The molecule has 1 aliphatic heterocycles. The van der Waals surface area contributed by atoms with Gasteiger partial charge in [-0.3, -0.25) is 0 Å². The van der Waals surface area contributed by atoms with Crippen LogP contribution in [-0.4, -0.2) is 61.9 Å². The first-order chi connectivity index (χ1) is 14.7. The van der Waals surface area contributed by atoms with Crippen LogP contribution in [0.15, 0.2) is 16.7 Å². The van der Waals surface area contributed by atoms with Gasteiger partial charge in [-0.25, -0.2) is 0 Å². The van der Waals surface area contributed by atoms with Crippen LogP contribution in [0.2, 0.25) is 0 Å². The van der Waals surface area contributed by atoms with Crippen LogP contribution in [0, 0.1) is 0 Å². The van der Waals surface area contributed by atoms with Gasteiger partial charge >= 0.3 is 0 Å². The summed E-state index contributed by atoms with van der Waals surface area (Å²) in [6.45, 7) is 1.90. The van der Waals surface area contributed by atoms with Gasteiger partial charge in [0.1, 0.15) is 6.61 Å². The number of fused-ring (bicyclic) bond motifs is 1. The number of hydrogen-bond acceptors (Lipinski definition) is 10. The molecule has 0 atom stereocenters. The lowest BCUT2D eigenvalue weighted by atomic mass is 9.96. The monoisotopic (exact) mass is 415 g/mol. The van der Waals surface area contributed by atoms with Gasteiger partial charge in [0.25, 0.3) is 0 Å². The van der Waals surface area contributed by atoms with Gasteiger partial charge in [-0.1, -0.05) is 0 Å². The van der Waals surface area contributed by atoms with Crippen LogP contribution in [0.3, 0.4) is 0 Å². The predicted molar refractivity (Wildman–Crippen MR) is 108 cm³/mol. The molecule has 1 aromatic carbocycles. The van der Waals surface area contributed by atoms with E-state index in [0.717, 1.165) is 42.5 Å². The van der Waals surface area contributed by atoms with Crippen molar-refractivity contribution in [3.8, 4) is 17.2 Å². The second-order valence-electron chi connectivity index (χ2n) is 7.00. The number of nitrogens with zero attached hydrogens (tertiary/aromatic N) is 5. The Labute approximate surface area is 174 Å². The van der Waals surface area contributed by atoms with Crippen LogP contribution in [-0.2, 0) is 11.3 Å². The molecule has 3 aromatic rings. The molecule has 10 nitrogen and oxygen atoms in total. The zero-order chi connectivity index (χ0) is 21.1. The molecule has 2 aromatic heterocycles. The van der Waals surface area contributed by atoms with Crippen LogP contribution in [0.25, 0.3) is 10.8 Å². The van der Waals surface area contributed by atoms with Crippen LogP contribution in [0.1, 0.15) is 30.5 Å². The van der Waals surface area contributed by atoms with E-state index in [1.54, 1.807) is 34.6 Å². The number of aromatic nitrogens is 4. The van der Waals surface area contributed by atoms with Gasteiger partial charge in [-0.05, 0) is 18.9 Å². The van der Waals surface area contributed by atoms with Crippen molar-refractivity contribution < 1.29 is 23.4 Å². The van der Waals surface area contributed by atoms with Gasteiger partial charge in [0.15, 0.2) is 17.3 Å². The van der Waals surface area contributed by atoms with E-state index in [4.69, 9.17) is 23.4 Å². The number of benzene rings is 1. The van der Waals surface area contributed by atoms with Crippen LogP contribution in [0.4, 0.5) is 5.82 Å². The summed E-state index contributed by atoms with van der Waals surface area (Å²) in [6.07, 6.45) is 3.43. The summed E-state index contributed by atoms with van der Waals surface area (Å²) in [5.74, 6) is 3.87. The van der Waals surface area contributed by atoms with Crippen molar-refractivity contribution >= 4 is 16.6 Å². The van der Waals surface area contributed by atoms with Crippen LogP contribution < -0.4 is 19.1 Å². The standard InChI is InChI=1S/C20H25N5O5/c1-26-11-16-22-24-20(30-16)12-5-7-25(8-6-12)19-13-9-15(27-2)18(29-4)17(28-3)14(13)10-21-23-19/h9-10,12H,5-8,11H2,1-4H3. The zero-order valence-electron chi connectivity index (χ0n) is 17.5. The van der Waals surface area contributed by atoms with E-state index in [1.807, 2.05) is 6.07 Å². The topological polar surface area (TPSA) is 105 Å². The molecule has 0 amide bonds. The maximum atomic E-state index is 5.72. The van der Waals surface area contributed by atoms with Crippen molar-refractivity contribution in [2.24, 2.45) is 0 Å². The summed E-state index contributed by atoms with van der Waals surface area (Å²) in [7, 11) is 6.39. The van der Waals surface area contributed by atoms with Crippen LogP contribution in [0.5, 0.6) is 17.2 Å². The Morgan fingerprint density at radius 2 is 1.73 bits per heavy atom. The molecule has 0 radical (unpaired) electrons. The number of piperidine rings is 1. The average molecular weight is 415 g/mol. The van der Waals surface area contributed by atoms with Gasteiger partial charge in [0.05, 0.1) is 32.9 Å². The quantitative estimate of drug-likeness (QED) is 0.572. The molecule has 0 unspecified atom stereocenters. The van der Waals surface area contributed by atoms with E-state index in [2.05, 4.69) is 25.3 Å². The Kier molecular flexibility index (Phi) is 5.84. The van der Waals surface area contributed by atoms with E-state index in [0.29, 0.717) is 35.6 Å². The Morgan fingerprint density at radius 3 is 2.40 bits per heavy atom. The Balaban J connectivity index is 1.61. The third-order valence-corrected chi connectivity index (χ3v) is 5.34. The third kappa shape index (κ3) is 3.58. The van der Waals surface area contributed by atoms with Gasteiger partial charge in [-0.15, -0.1) is 15.3 Å². The molecule has 1 fully saturated rings. The fraction of sp³-hybridized carbons (Fsp3) is 0.500. The SMILES string of the molecule is COCc1nnc(C2CCN(c3nncc4c(OC)c(OC)c(OC)cc34)CC2)o1. The van der Waals surface area contributed by atoms with E-state index in [1.165, 1.54) is 0 Å². The minimum absolute atomic E-state index is 0.214. The summed E-state index contributed by atoms with van der Waals surface area (Å²) in [6, 6.07) is 1.92. The second-order valence-corrected chi connectivity index (χ2v) is 7.00. The van der Waals surface area contributed by atoms with Gasteiger partial charge in [0, 0.05) is 31.5 Å². The van der Waals surface area contributed by atoms with Crippen LogP contribution >= 0.6 is 0 Å². The molecular weight excluding hydrogens is 390 g/mol. The largest absolute Gasteiger partial charge is 0.493 e. The molecule has 0 aliphatic carbocycles. The Morgan fingerprint density at radius 1 is 0.967 bits per heavy atom. The normalized spacial score (nSPS) is 14.9. The molecule has 4 rings (SSSR count). The van der Waals surface area contributed by atoms with Crippen molar-refractivity contribution in [2.45, 2.75) is 25.4 Å². The fourth-order valence-corrected chi connectivity index (χ4v) is 3.87.